The van der Waals surface area contributed by atoms with E-state index in [0.29, 0.717) is 31.7 Å². The zero-order valence-corrected chi connectivity index (χ0v) is 24.3. The average Bonchev–Trinajstić information content (AvgIpc) is 3.39. The molecular weight excluding hydrogens is 624 g/mol. The summed E-state index contributed by atoms with van der Waals surface area (Å²) in [6.07, 6.45) is 1.34. The molecule has 0 bridgehead atoms. The SMILES string of the molecule is Cc1ccc(COc2c(C=Nn3c(-c4cc5cc(Cl)ccc5o4)nc4ccccc4c3=O)cc(Br)cc2[N+](=O)[O-])cc1. The number of ether oxygens (including phenoxy) is 1. The van der Waals surface area contributed by atoms with Gasteiger partial charge in [-0.3, -0.25) is 14.9 Å². The molecule has 11 heteroatoms. The third kappa shape index (κ3) is 5.41. The van der Waals surface area contributed by atoms with Gasteiger partial charge in [-0.15, -0.1) is 0 Å². The monoisotopic (exact) mass is 642 g/mol. The lowest BCUT2D eigenvalue weighted by atomic mass is 10.1. The number of nitro groups is 1. The van der Waals surface area contributed by atoms with Crippen LogP contribution in [0.15, 0.2) is 104 Å². The fourth-order valence-electron chi connectivity index (χ4n) is 4.46. The molecule has 2 aromatic heterocycles. The van der Waals surface area contributed by atoms with Crippen LogP contribution in [0.5, 0.6) is 5.75 Å². The highest BCUT2D eigenvalue weighted by molar-refractivity contribution is 9.10. The van der Waals surface area contributed by atoms with E-state index < -0.39 is 10.5 Å². The summed E-state index contributed by atoms with van der Waals surface area (Å²) in [6, 6.07) is 24.4. The predicted molar refractivity (Wildman–Crippen MR) is 166 cm³/mol. The molecule has 0 unspecified atom stereocenters. The van der Waals surface area contributed by atoms with Gasteiger partial charge in [-0.25, -0.2) is 4.98 Å². The zero-order valence-electron chi connectivity index (χ0n) is 22.0. The van der Waals surface area contributed by atoms with E-state index in [1.807, 2.05) is 31.2 Å². The Morgan fingerprint density at radius 3 is 2.67 bits per heavy atom. The van der Waals surface area contributed by atoms with Gasteiger partial charge >= 0.3 is 5.69 Å². The van der Waals surface area contributed by atoms with Crippen molar-refractivity contribution in [1.82, 2.24) is 9.66 Å². The van der Waals surface area contributed by atoms with Gasteiger partial charge in [0.1, 0.15) is 12.2 Å². The fourth-order valence-corrected chi connectivity index (χ4v) is 5.11. The maximum atomic E-state index is 13.7. The molecule has 0 saturated heterocycles. The highest BCUT2D eigenvalue weighted by atomic mass is 79.9. The first kappa shape index (κ1) is 27.4. The normalized spacial score (nSPS) is 11.5. The van der Waals surface area contributed by atoms with E-state index in [4.69, 9.17) is 20.8 Å². The first-order valence-corrected chi connectivity index (χ1v) is 13.9. The number of nitro benzene ring substituents is 1. The molecule has 6 aromatic rings. The maximum absolute atomic E-state index is 13.7. The van der Waals surface area contributed by atoms with E-state index in [-0.39, 0.29) is 29.4 Å². The van der Waals surface area contributed by atoms with Crippen LogP contribution < -0.4 is 10.3 Å². The van der Waals surface area contributed by atoms with Gasteiger partial charge in [0.2, 0.25) is 11.6 Å². The summed E-state index contributed by atoms with van der Waals surface area (Å²) < 4.78 is 13.5. The lowest BCUT2D eigenvalue weighted by Crippen LogP contribution is -2.20. The predicted octanol–water partition coefficient (Wildman–Crippen LogP) is 7.90. The molecule has 4 aromatic carbocycles. The van der Waals surface area contributed by atoms with Gasteiger partial charge < -0.3 is 9.15 Å². The Labute approximate surface area is 251 Å². The van der Waals surface area contributed by atoms with E-state index in [0.717, 1.165) is 21.2 Å². The van der Waals surface area contributed by atoms with Crippen molar-refractivity contribution in [2.24, 2.45) is 5.10 Å². The molecule has 9 nitrogen and oxygen atoms in total. The standard InChI is InChI=1S/C31H20BrClN4O5/c1-18-6-8-19(9-7-18)17-41-29-21(12-22(32)15-26(29)37(39)40)16-34-36-30(35-25-5-3-2-4-24(25)31(36)38)28-14-20-13-23(33)10-11-27(20)42-28/h2-16H,17H2,1H3. The number of benzene rings is 4. The van der Waals surface area contributed by atoms with Crippen LogP contribution in [0.3, 0.4) is 0 Å². The molecule has 0 aliphatic rings. The van der Waals surface area contributed by atoms with E-state index in [9.17, 15) is 14.9 Å². The molecule has 2 heterocycles. The van der Waals surface area contributed by atoms with Crippen molar-refractivity contribution < 1.29 is 14.1 Å². The lowest BCUT2D eigenvalue weighted by Gasteiger charge is -2.11. The average molecular weight is 644 g/mol. The van der Waals surface area contributed by atoms with Crippen LogP contribution in [-0.2, 0) is 6.61 Å². The number of para-hydroxylation sites is 1. The van der Waals surface area contributed by atoms with E-state index >= 15 is 0 Å². The molecule has 0 saturated carbocycles. The summed E-state index contributed by atoms with van der Waals surface area (Å²) in [5.41, 5.74) is 2.52. The van der Waals surface area contributed by atoms with Crippen LogP contribution in [0.4, 0.5) is 5.69 Å². The molecule has 0 radical (unpaired) electrons. The minimum Gasteiger partial charge on any atom is -0.481 e. The third-order valence-corrected chi connectivity index (χ3v) is 7.22. The Bertz CT molecular complexity index is 2090. The number of halogens is 2. The second-order valence-corrected chi connectivity index (χ2v) is 10.8. The molecule has 0 atom stereocenters. The number of hydrogen-bond donors (Lipinski definition) is 0. The first-order chi connectivity index (χ1) is 20.3. The van der Waals surface area contributed by atoms with Gasteiger partial charge in [0.05, 0.1) is 22.0 Å². The van der Waals surface area contributed by atoms with Crippen LogP contribution >= 0.6 is 27.5 Å². The van der Waals surface area contributed by atoms with Crippen molar-refractivity contribution in [2.45, 2.75) is 13.5 Å². The van der Waals surface area contributed by atoms with Crippen LogP contribution in [0.25, 0.3) is 33.5 Å². The largest absolute Gasteiger partial charge is 0.481 e. The van der Waals surface area contributed by atoms with Crippen LogP contribution in [-0.4, -0.2) is 20.8 Å². The van der Waals surface area contributed by atoms with Crippen molar-refractivity contribution in [3.63, 3.8) is 0 Å². The minimum atomic E-state index is -0.526. The molecule has 0 N–H and O–H groups in total. The molecule has 0 spiro atoms. The maximum Gasteiger partial charge on any atom is 0.312 e. The number of hydrogen-bond acceptors (Lipinski definition) is 7. The summed E-state index contributed by atoms with van der Waals surface area (Å²) >= 11 is 9.50. The van der Waals surface area contributed by atoms with Gasteiger partial charge in [-0.2, -0.15) is 9.78 Å². The van der Waals surface area contributed by atoms with Crippen molar-refractivity contribution in [3.8, 4) is 17.3 Å². The van der Waals surface area contributed by atoms with Gasteiger partial charge in [0, 0.05) is 26.5 Å². The van der Waals surface area contributed by atoms with E-state index in [2.05, 4.69) is 26.0 Å². The van der Waals surface area contributed by atoms with Crippen LogP contribution in [0.1, 0.15) is 16.7 Å². The smallest absolute Gasteiger partial charge is 0.312 e. The molecule has 0 fully saturated rings. The van der Waals surface area contributed by atoms with Crippen molar-refractivity contribution in [1.29, 1.82) is 0 Å². The minimum absolute atomic E-state index is 0.00857. The number of aromatic nitrogens is 2. The third-order valence-electron chi connectivity index (χ3n) is 6.53. The second kappa shape index (κ2) is 11.2. The van der Waals surface area contributed by atoms with Gasteiger partial charge in [0.25, 0.3) is 5.56 Å². The number of furan rings is 1. The molecule has 0 aliphatic heterocycles. The van der Waals surface area contributed by atoms with Crippen LogP contribution in [0.2, 0.25) is 5.02 Å². The highest BCUT2D eigenvalue weighted by Gasteiger charge is 2.22. The Hall–Kier alpha value is -4.80. The van der Waals surface area contributed by atoms with E-state index in [1.54, 1.807) is 54.6 Å². The van der Waals surface area contributed by atoms with Crippen molar-refractivity contribution in [3.05, 3.63) is 132 Å². The molecule has 6 rings (SSSR count). The summed E-state index contributed by atoms with van der Waals surface area (Å²) in [7, 11) is 0. The Balaban J connectivity index is 1.49. The summed E-state index contributed by atoms with van der Waals surface area (Å²) in [4.78, 5) is 29.8. The van der Waals surface area contributed by atoms with E-state index in [1.165, 1.54) is 12.3 Å². The zero-order chi connectivity index (χ0) is 29.4. The molecule has 42 heavy (non-hydrogen) atoms. The number of rotatable bonds is 7. The highest BCUT2D eigenvalue weighted by Crippen LogP contribution is 2.35. The summed E-state index contributed by atoms with van der Waals surface area (Å²) in [5.74, 6) is 0.450. The van der Waals surface area contributed by atoms with Gasteiger partial charge in [0.15, 0.2) is 5.76 Å². The van der Waals surface area contributed by atoms with Crippen molar-refractivity contribution >= 4 is 61.3 Å². The van der Waals surface area contributed by atoms with Gasteiger partial charge in [-0.05, 0) is 55.0 Å². The van der Waals surface area contributed by atoms with Gasteiger partial charge in [-0.1, -0.05) is 69.5 Å². The Morgan fingerprint density at radius 1 is 1.10 bits per heavy atom. The molecule has 0 aliphatic carbocycles. The number of aryl methyl sites for hydroxylation is 1. The molecule has 208 valence electrons. The summed E-state index contributed by atoms with van der Waals surface area (Å²) in [5, 5.41) is 18.0. The number of fused-ring (bicyclic) bond motifs is 2. The quantitative estimate of drug-likeness (QED) is 0.0993. The summed E-state index contributed by atoms with van der Waals surface area (Å²) in [6.45, 7) is 2.06. The van der Waals surface area contributed by atoms with Crippen molar-refractivity contribution in [2.75, 3.05) is 0 Å². The first-order valence-electron chi connectivity index (χ1n) is 12.7. The Morgan fingerprint density at radius 2 is 1.88 bits per heavy atom. The molecular formula is C31H20BrClN4O5. The molecule has 0 amide bonds. The fraction of sp³-hybridized carbons (Fsp3) is 0.0645. The lowest BCUT2D eigenvalue weighted by molar-refractivity contribution is -0.386. The topological polar surface area (TPSA) is 113 Å². The Kier molecular flexibility index (Phi) is 7.32. The van der Waals surface area contributed by atoms with Crippen LogP contribution in [0, 0.1) is 17.0 Å². The number of nitrogens with zero attached hydrogens (tertiary/aromatic N) is 4. The second-order valence-electron chi connectivity index (χ2n) is 9.48.